The van der Waals surface area contributed by atoms with Gasteiger partial charge >= 0.3 is 0 Å². The van der Waals surface area contributed by atoms with E-state index in [9.17, 15) is 4.79 Å². The molecule has 138 valence electrons. The lowest BCUT2D eigenvalue weighted by molar-refractivity contribution is -0.136. The van der Waals surface area contributed by atoms with Crippen molar-refractivity contribution in [1.29, 1.82) is 0 Å². The van der Waals surface area contributed by atoms with Gasteiger partial charge in [0.1, 0.15) is 12.2 Å². The van der Waals surface area contributed by atoms with Gasteiger partial charge < -0.3 is 14.8 Å². The van der Waals surface area contributed by atoms with Crippen LogP contribution >= 0.6 is 0 Å². The maximum Gasteiger partial charge on any atom is 0.239 e. The number of nitrogens with zero attached hydrogens (tertiary/aromatic N) is 5. The molecule has 1 spiro atoms. The molecule has 1 N–H and O–H groups in total. The first-order chi connectivity index (χ1) is 12.1. The number of aryl methyl sites for hydroxylation is 1. The van der Waals surface area contributed by atoms with Gasteiger partial charge in [-0.05, 0) is 57.7 Å². The summed E-state index contributed by atoms with van der Waals surface area (Å²) >= 11 is 0. The Bertz CT molecular complexity index is 615. The molecule has 0 bridgehead atoms. The maximum atomic E-state index is 13.1. The molecule has 0 unspecified atom stereocenters. The normalized spacial score (nSPS) is 27.9. The van der Waals surface area contributed by atoms with Gasteiger partial charge in [0, 0.05) is 32.6 Å². The van der Waals surface area contributed by atoms with E-state index in [1.54, 1.807) is 6.33 Å². The van der Waals surface area contributed by atoms with Gasteiger partial charge in [-0.3, -0.25) is 9.69 Å². The van der Waals surface area contributed by atoms with Crippen molar-refractivity contribution in [1.82, 2.24) is 29.9 Å². The second-order valence-corrected chi connectivity index (χ2v) is 8.28. The third-order valence-electron chi connectivity index (χ3n) is 6.61. The van der Waals surface area contributed by atoms with E-state index >= 15 is 0 Å². The molecule has 1 atom stereocenters. The molecule has 0 saturated carbocycles. The Labute approximate surface area is 149 Å². The minimum absolute atomic E-state index is 0.0736. The van der Waals surface area contributed by atoms with Crippen molar-refractivity contribution >= 4 is 5.91 Å². The van der Waals surface area contributed by atoms with E-state index in [1.807, 2.05) is 11.6 Å². The number of amides is 1. The van der Waals surface area contributed by atoms with Crippen LogP contribution in [0.4, 0.5) is 0 Å². The van der Waals surface area contributed by atoms with Crippen LogP contribution in [-0.2, 0) is 11.8 Å². The van der Waals surface area contributed by atoms with Crippen molar-refractivity contribution in [2.24, 2.45) is 12.5 Å². The lowest BCUT2D eigenvalue weighted by atomic mass is 9.77. The van der Waals surface area contributed by atoms with E-state index in [1.165, 1.54) is 12.8 Å². The number of rotatable bonds is 2. The summed E-state index contributed by atoms with van der Waals surface area (Å²) in [5, 5.41) is 11.7. The molecule has 0 radical (unpaired) electrons. The number of likely N-dealkylation sites (tertiary alicyclic amines) is 2. The number of aromatic nitrogens is 3. The van der Waals surface area contributed by atoms with E-state index < -0.39 is 0 Å². The fraction of sp³-hybridized carbons (Fsp3) is 0.833. The van der Waals surface area contributed by atoms with Crippen molar-refractivity contribution in [3.8, 4) is 0 Å². The van der Waals surface area contributed by atoms with Crippen LogP contribution in [0.1, 0.15) is 43.8 Å². The highest BCUT2D eigenvalue weighted by Crippen LogP contribution is 2.42. The van der Waals surface area contributed by atoms with E-state index in [2.05, 4.69) is 32.4 Å². The molecule has 3 fully saturated rings. The zero-order valence-corrected chi connectivity index (χ0v) is 15.4. The second-order valence-electron chi connectivity index (χ2n) is 8.28. The van der Waals surface area contributed by atoms with Gasteiger partial charge in [-0.1, -0.05) is 0 Å². The monoisotopic (exact) mass is 346 g/mol. The van der Waals surface area contributed by atoms with Crippen LogP contribution in [0, 0.1) is 5.41 Å². The minimum atomic E-state index is 0.0736. The second kappa shape index (κ2) is 6.68. The summed E-state index contributed by atoms with van der Waals surface area (Å²) in [5.41, 5.74) is 0.358. The molecule has 3 aliphatic rings. The molecular weight excluding hydrogens is 316 g/mol. The minimum Gasteiger partial charge on any atom is -0.341 e. The quantitative estimate of drug-likeness (QED) is 0.849. The number of carbonyl (C=O) groups is 1. The molecule has 3 saturated heterocycles. The summed E-state index contributed by atoms with van der Waals surface area (Å²) in [5.74, 6) is 1.82. The lowest BCUT2D eigenvalue weighted by Gasteiger charge is -2.35. The van der Waals surface area contributed by atoms with Crippen LogP contribution in [0.25, 0.3) is 0 Å². The average Bonchev–Trinajstić information content (AvgIpc) is 3.18. The number of carbonyl (C=O) groups excluding carboxylic acids is 1. The van der Waals surface area contributed by atoms with Crippen LogP contribution in [-0.4, -0.2) is 76.3 Å². The Kier molecular flexibility index (Phi) is 4.54. The van der Waals surface area contributed by atoms with E-state index in [4.69, 9.17) is 0 Å². The van der Waals surface area contributed by atoms with Gasteiger partial charge in [0.25, 0.3) is 0 Å². The Balaban J connectivity index is 1.37. The third kappa shape index (κ3) is 3.19. The van der Waals surface area contributed by atoms with Crippen molar-refractivity contribution in [2.45, 2.75) is 44.1 Å². The summed E-state index contributed by atoms with van der Waals surface area (Å²) in [7, 11) is 4.13. The first kappa shape index (κ1) is 17.0. The molecule has 1 aromatic heterocycles. The number of piperidine rings is 2. The Hall–Kier alpha value is -1.47. The highest BCUT2D eigenvalue weighted by atomic mass is 16.2. The van der Waals surface area contributed by atoms with Crippen molar-refractivity contribution in [3.05, 3.63) is 12.2 Å². The Morgan fingerprint density at radius 3 is 2.60 bits per heavy atom. The molecular formula is C18H30N6O. The lowest BCUT2D eigenvalue weighted by Crippen LogP contribution is -2.47. The summed E-state index contributed by atoms with van der Waals surface area (Å²) in [6.45, 7) is 4.95. The molecule has 3 aliphatic heterocycles. The molecule has 0 aromatic carbocycles. The standard InChI is InChI=1S/C18H30N6O/c1-22-12-18(5-7-19-8-6-18)11-15(22)17(25)24-9-3-14(4-10-24)16-21-20-13-23(16)2/h13-15,19H,3-12H2,1-2H3/t15-/m0/s1. The van der Waals surface area contributed by atoms with Gasteiger partial charge in [-0.25, -0.2) is 0 Å². The first-order valence-electron chi connectivity index (χ1n) is 9.62. The maximum absolute atomic E-state index is 13.1. The summed E-state index contributed by atoms with van der Waals surface area (Å²) < 4.78 is 2.01. The zero-order chi connectivity index (χ0) is 17.4. The van der Waals surface area contributed by atoms with Crippen LogP contribution in [0.15, 0.2) is 6.33 Å². The van der Waals surface area contributed by atoms with Gasteiger partial charge in [0.05, 0.1) is 6.04 Å². The van der Waals surface area contributed by atoms with Gasteiger partial charge in [0.15, 0.2) is 0 Å². The number of nitrogens with one attached hydrogen (secondary N) is 1. The SMILES string of the molecule is CN1CC2(CCNCC2)C[C@H]1C(=O)N1CCC(c2nncn2C)CC1. The van der Waals surface area contributed by atoms with Gasteiger partial charge in [-0.2, -0.15) is 0 Å². The van der Waals surface area contributed by atoms with Gasteiger partial charge in [0.2, 0.25) is 5.91 Å². The van der Waals surface area contributed by atoms with E-state index in [0.717, 1.165) is 57.8 Å². The van der Waals surface area contributed by atoms with E-state index in [-0.39, 0.29) is 6.04 Å². The Morgan fingerprint density at radius 1 is 1.24 bits per heavy atom. The van der Waals surface area contributed by atoms with Crippen molar-refractivity contribution in [2.75, 3.05) is 39.8 Å². The largest absolute Gasteiger partial charge is 0.341 e. The highest BCUT2D eigenvalue weighted by Gasteiger charge is 2.46. The molecule has 4 heterocycles. The van der Waals surface area contributed by atoms with Crippen LogP contribution in [0.3, 0.4) is 0 Å². The Morgan fingerprint density at radius 2 is 1.96 bits per heavy atom. The molecule has 4 rings (SSSR count). The van der Waals surface area contributed by atoms with Crippen molar-refractivity contribution < 1.29 is 4.79 Å². The highest BCUT2D eigenvalue weighted by molar-refractivity contribution is 5.82. The fourth-order valence-corrected chi connectivity index (χ4v) is 5.10. The summed E-state index contributed by atoms with van der Waals surface area (Å²) in [6, 6.07) is 0.0736. The predicted octanol–water partition coefficient (Wildman–Crippen LogP) is 0.595. The predicted molar refractivity (Wildman–Crippen MR) is 95.1 cm³/mol. The number of likely N-dealkylation sites (N-methyl/N-ethyl adjacent to an activating group) is 1. The molecule has 7 heteroatoms. The average molecular weight is 346 g/mol. The number of hydrogen-bond donors (Lipinski definition) is 1. The first-order valence-corrected chi connectivity index (χ1v) is 9.62. The molecule has 1 aromatic rings. The van der Waals surface area contributed by atoms with Crippen LogP contribution in [0.5, 0.6) is 0 Å². The topological polar surface area (TPSA) is 66.3 Å². The van der Waals surface area contributed by atoms with Crippen molar-refractivity contribution in [3.63, 3.8) is 0 Å². The molecule has 25 heavy (non-hydrogen) atoms. The van der Waals surface area contributed by atoms with Crippen LogP contribution in [0.2, 0.25) is 0 Å². The zero-order valence-electron chi connectivity index (χ0n) is 15.4. The van der Waals surface area contributed by atoms with Gasteiger partial charge in [-0.15, -0.1) is 10.2 Å². The van der Waals surface area contributed by atoms with Crippen LogP contribution < -0.4 is 5.32 Å². The third-order valence-corrected chi connectivity index (χ3v) is 6.61. The summed E-state index contributed by atoms with van der Waals surface area (Å²) in [4.78, 5) is 17.5. The molecule has 1 amide bonds. The summed E-state index contributed by atoms with van der Waals surface area (Å²) in [6.07, 6.45) is 7.18. The molecule has 7 nitrogen and oxygen atoms in total. The number of hydrogen-bond acceptors (Lipinski definition) is 5. The van der Waals surface area contributed by atoms with E-state index in [0.29, 0.717) is 17.2 Å². The molecule has 0 aliphatic carbocycles. The smallest absolute Gasteiger partial charge is 0.239 e. The fourth-order valence-electron chi connectivity index (χ4n) is 5.10.